The van der Waals surface area contributed by atoms with E-state index < -0.39 is 29.3 Å². The molecule has 7 nitrogen and oxygen atoms in total. The number of furan rings is 1. The van der Waals surface area contributed by atoms with Gasteiger partial charge in [0.1, 0.15) is 18.9 Å². The van der Waals surface area contributed by atoms with Gasteiger partial charge in [-0.1, -0.05) is 18.2 Å². The van der Waals surface area contributed by atoms with Gasteiger partial charge in [0, 0.05) is 18.5 Å². The lowest BCUT2D eigenvalue weighted by Gasteiger charge is -2.28. The quantitative estimate of drug-likeness (QED) is 0.666. The number of halogens is 1. The maximum Gasteiger partial charge on any atom is 0.290 e. The number of aliphatic hydroxyl groups is 1. The Morgan fingerprint density at radius 3 is 2.67 bits per heavy atom. The van der Waals surface area contributed by atoms with Gasteiger partial charge in [0.15, 0.2) is 11.5 Å². The second kappa shape index (κ2) is 8.81. The van der Waals surface area contributed by atoms with E-state index in [4.69, 9.17) is 9.15 Å². The summed E-state index contributed by atoms with van der Waals surface area (Å²) in [6, 6.07) is 7.99. The summed E-state index contributed by atoms with van der Waals surface area (Å²) in [5, 5.41) is 10.5. The first-order valence-corrected chi connectivity index (χ1v) is 10.1. The van der Waals surface area contributed by atoms with Gasteiger partial charge in [0.05, 0.1) is 37.6 Å². The van der Waals surface area contributed by atoms with Gasteiger partial charge < -0.3 is 24.1 Å². The number of aliphatic hydroxyl groups excluding tert-OH is 1. The Hall–Kier alpha value is -2.97. The molecule has 2 aromatic rings. The highest BCUT2D eigenvalue weighted by Crippen LogP contribution is 2.39. The van der Waals surface area contributed by atoms with Crippen LogP contribution in [0.3, 0.4) is 0 Å². The zero-order valence-electron chi connectivity index (χ0n) is 16.5. The summed E-state index contributed by atoms with van der Waals surface area (Å²) >= 11 is 0. The van der Waals surface area contributed by atoms with Crippen LogP contribution in [0.25, 0.3) is 0 Å². The van der Waals surface area contributed by atoms with Gasteiger partial charge in [0.2, 0.25) is 5.78 Å². The fraction of sp³-hybridized carbons (Fsp3) is 0.364. The molecule has 1 aromatic carbocycles. The Labute approximate surface area is 173 Å². The van der Waals surface area contributed by atoms with Crippen molar-refractivity contribution in [1.29, 1.82) is 0 Å². The normalized spacial score (nSPS) is 20.2. The van der Waals surface area contributed by atoms with E-state index in [9.17, 15) is 19.1 Å². The van der Waals surface area contributed by atoms with Crippen molar-refractivity contribution in [3.05, 3.63) is 71.1 Å². The number of morpholine rings is 1. The number of quaternary nitrogens is 1. The molecular weight excluding hydrogens is 391 g/mol. The number of carbonyl (C=O) groups excluding carboxylic acids is 2. The van der Waals surface area contributed by atoms with Gasteiger partial charge >= 0.3 is 0 Å². The number of carbonyl (C=O) groups is 2. The second-order valence-electron chi connectivity index (χ2n) is 7.46. The van der Waals surface area contributed by atoms with Crippen LogP contribution in [0.15, 0.2) is 58.4 Å². The third-order valence-electron chi connectivity index (χ3n) is 5.62. The molecule has 0 bridgehead atoms. The molecule has 2 N–H and O–H groups in total. The molecule has 1 aromatic heterocycles. The van der Waals surface area contributed by atoms with E-state index in [-0.39, 0.29) is 16.9 Å². The van der Waals surface area contributed by atoms with E-state index in [1.165, 1.54) is 34.3 Å². The van der Waals surface area contributed by atoms with Gasteiger partial charge in [-0.25, -0.2) is 4.39 Å². The number of amides is 1. The summed E-state index contributed by atoms with van der Waals surface area (Å²) < 4.78 is 25.2. The molecule has 0 spiro atoms. The first-order valence-electron chi connectivity index (χ1n) is 10.1. The number of ketones is 1. The van der Waals surface area contributed by atoms with Crippen molar-refractivity contribution in [2.75, 3.05) is 39.4 Å². The molecule has 1 atom stereocenters. The predicted molar refractivity (Wildman–Crippen MR) is 105 cm³/mol. The third-order valence-corrected chi connectivity index (χ3v) is 5.62. The molecule has 1 amide bonds. The highest BCUT2D eigenvalue weighted by molar-refractivity contribution is 6.15. The topological polar surface area (TPSA) is 84.4 Å². The number of hydrogen-bond donors (Lipinski definition) is 2. The SMILES string of the molecule is O=C(C1=C(O)C(=O)N(CCC[NH+]2CCOCC2)[C@@H]1c1ccccc1F)c1ccco1. The first-order chi connectivity index (χ1) is 14.6. The van der Waals surface area contributed by atoms with Gasteiger partial charge in [-0.15, -0.1) is 0 Å². The molecule has 0 radical (unpaired) electrons. The van der Waals surface area contributed by atoms with E-state index in [1.807, 2.05) is 0 Å². The van der Waals surface area contributed by atoms with Gasteiger partial charge in [0.25, 0.3) is 5.91 Å². The second-order valence-corrected chi connectivity index (χ2v) is 7.46. The number of nitrogens with zero attached hydrogens (tertiary/aromatic N) is 1. The zero-order valence-corrected chi connectivity index (χ0v) is 16.5. The Balaban J connectivity index is 1.61. The van der Waals surface area contributed by atoms with Crippen molar-refractivity contribution in [3.8, 4) is 0 Å². The summed E-state index contributed by atoms with van der Waals surface area (Å²) in [5.41, 5.74) is 0.0160. The number of benzene rings is 1. The lowest BCUT2D eigenvalue weighted by atomic mass is 9.94. The van der Waals surface area contributed by atoms with Crippen LogP contribution >= 0.6 is 0 Å². The molecule has 0 aliphatic carbocycles. The van der Waals surface area contributed by atoms with Crippen LogP contribution in [-0.2, 0) is 9.53 Å². The molecule has 158 valence electrons. The predicted octanol–water partition coefficient (Wildman–Crippen LogP) is 1.30. The van der Waals surface area contributed by atoms with E-state index in [0.717, 1.165) is 19.6 Å². The molecular formula is C22H24FN2O5+. The molecule has 30 heavy (non-hydrogen) atoms. The number of ether oxygens (including phenoxy) is 1. The Kier molecular flexibility index (Phi) is 5.96. The Bertz CT molecular complexity index is 950. The zero-order chi connectivity index (χ0) is 21.1. The van der Waals surface area contributed by atoms with Crippen LogP contribution in [0.4, 0.5) is 4.39 Å². The minimum Gasteiger partial charge on any atom is -0.503 e. The molecule has 2 aliphatic rings. The first kappa shape index (κ1) is 20.3. The monoisotopic (exact) mass is 415 g/mol. The molecule has 0 saturated carbocycles. The number of Topliss-reactive ketones (excluding diaryl/α,β-unsaturated/α-hetero) is 1. The van der Waals surface area contributed by atoms with Crippen LogP contribution in [0.5, 0.6) is 0 Å². The van der Waals surface area contributed by atoms with E-state index >= 15 is 0 Å². The smallest absolute Gasteiger partial charge is 0.290 e. The molecule has 0 unspecified atom stereocenters. The highest BCUT2D eigenvalue weighted by Gasteiger charge is 2.45. The molecule has 1 fully saturated rings. The molecule has 8 heteroatoms. The van der Waals surface area contributed by atoms with Crippen LogP contribution in [-0.4, -0.2) is 61.1 Å². The molecule has 4 rings (SSSR count). The summed E-state index contributed by atoms with van der Waals surface area (Å²) in [5.74, 6) is -2.50. The average molecular weight is 415 g/mol. The van der Waals surface area contributed by atoms with Crippen molar-refractivity contribution < 1.29 is 33.1 Å². The fourth-order valence-corrected chi connectivity index (χ4v) is 4.09. The van der Waals surface area contributed by atoms with Crippen LogP contribution in [0, 0.1) is 5.82 Å². The third kappa shape index (κ3) is 3.88. The largest absolute Gasteiger partial charge is 0.503 e. The summed E-state index contributed by atoms with van der Waals surface area (Å²) in [6.45, 7) is 4.33. The van der Waals surface area contributed by atoms with Crippen molar-refractivity contribution in [3.63, 3.8) is 0 Å². The standard InChI is InChI=1S/C22H23FN2O5/c23-16-6-2-1-5-15(16)19-18(20(26)17-7-3-12-30-17)21(27)22(28)25(19)9-4-8-24-10-13-29-14-11-24/h1-3,5-7,12,19,27H,4,8-11,13-14H2/p+1/t19-/m1/s1. The lowest BCUT2D eigenvalue weighted by Crippen LogP contribution is -3.14. The van der Waals surface area contributed by atoms with Crippen LogP contribution in [0.1, 0.15) is 28.6 Å². The minimum atomic E-state index is -1.00. The fourth-order valence-electron chi connectivity index (χ4n) is 4.09. The van der Waals surface area contributed by atoms with E-state index in [1.54, 1.807) is 18.2 Å². The maximum absolute atomic E-state index is 14.7. The van der Waals surface area contributed by atoms with Crippen molar-refractivity contribution >= 4 is 11.7 Å². The van der Waals surface area contributed by atoms with Crippen molar-refractivity contribution in [2.45, 2.75) is 12.5 Å². The van der Waals surface area contributed by atoms with Gasteiger partial charge in [-0.3, -0.25) is 9.59 Å². The average Bonchev–Trinajstić information content (AvgIpc) is 3.38. The maximum atomic E-state index is 14.7. The summed E-state index contributed by atoms with van der Waals surface area (Å²) in [4.78, 5) is 28.6. The van der Waals surface area contributed by atoms with Crippen LogP contribution < -0.4 is 4.90 Å². The van der Waals surface area contributed by atoms with Crippen molar-refractivity contribution in [1.82, 2.24) is 4.90 Å². The number of hydrogen-bond acceptors (Lipinski definition) is 5. The summed E-state index contributed by atoms with van der Waals surface area (Å²) in [7, 11) is 0. The van der Waals surface area contributed by atoms with Gasteiger partial charge in [-0.05, 0) is 18.2 Å². The van der Waals surface area contributed by atoms with Gasteiger partial charge in [-0.2, -0.15) is 0 Å². The Morgan fingerprint density at radius 1 is 1.20 bits per heavy atom. The van der Waals surface area contributed by atoms with E-state index in [0.29, 0.717) is 26.2 Å². The lowest BCUT2D eigenvalue weighted by molar-refractivity contribution is -0.908. The minimum absolute atomic E-state index is 0.00898. The number of rotatable bonds is 7. The molecule has 1 saturated heterocycles. The molecule has 2 aliphatic heterocycles. The number of nitrogens with one attached hydrogen (secondary N) is 1. The highest BCUT2D eigenvalue weighted by atomic mass is 19.1. The molecule has 3 heterocycles. The van der Waals surface area contributed by atoms with Crippen LogP contribution in [0.2, 0.25) is 0 Å². The Morgan fingerprint density at radius 2 is 1.97 bits per heavy atom. The van der Waals surface area contributed by atoms with Crippen molar-refractivity contribution in [2.24, 2.45) is 0 Å². The van der Waals surface area contributed by atoms with E-state index in [2.05, 4.69) is 0 Å². The summed E-state index contributed by atoms with van der Waals surface area (Å²) in [6.07, 6.45) is 1.99.